The van der Waals surface area contributed by atoms with Gasteiger partial charge < -0.3 is 15.8 Å². The van der Waals surface area contributed by atoms with Crippen molar-refractivity contribution in [2.45, 2.75) is 0 Å². The molecular formula is C8H8N2OS. The van der Waals surface area contributed by atoms with Crippen molar-refractivity contribution in [1.82, 2.24) is 5.32 Å². The van der Waals surface area contributed by atoms with Gasteiger partial charge in [-0.3, -0.25) is 0 Å². The van der Waals surface area contributed by atoms with Crippen LogP contribution in [0, 0.1) is 0 Å². The number of anilines is 1. The van der Waals surface area contributed by atoms with Crippen LogP contribution in [0.4, 0.5) is 5.69 Å². The van der Waals surface area contributed by atoms with Gasteiger partial charge in [0.15, 0.2) is 6.73 Å². The van der Waals surface area contributed by atoms with Crippen molar-refractivity contribution in [2.24, 2.45) is 0 Å². The number of fused-ring (bicyclic) bond motifs is 1. The lowest BCUT2D eigenvalue weighted by atomic mass is 10.1. The first-order chi connectivity index (χ1) is 5.77. The molecule has 1 aromatic rings. The Morgan fingerprint density at radius 2 is 2.33 bits per heavy atom. The summed E-state index contributed by atoms with van der Waals surface area (Å²) in [7, 11) is 0. The lowest BCUT2D eigenvalue weighted by Crippen LogP contribution is -2.32. The maximum atomic E-state index is 5.60. The Hall–Kier alpha value is -1.29. The second-order valence-electron chi connectivity index (χ2n) is 2.55. The van der Waals surface area contributed by atoms with Gasteiger partial charge in [-0.15, -0.1) is 0 Å². The Bertz CT molecular complexity index is 338. The Labute approximate surface area is 75.5 Å². The number of benzene rings is 1. The van der Waals surface area contributed by atoms with E-state index in [1.165, 1.54) is 0 Å². The molecule has 0 unspecified atom stereocenters. The molecule has 0 spiro atoms. The molecule has 4 heteroatoms. The van der Waals surface area contributed by atoms with Gasteiger partial charge in [-0.1, -0.05) is 12.2 Å². The van der Waals surface area contributed by atoms with Crippen molar-refractivity contribution in [1.29, 1.82) is 0 Å². The number of ether oxygens (including phenoxy) is 1. The molecule has 0 amide bonds. The zero-order valence-corrected chi connectivity index (χ0v) is 7.15. The molecule has 0 atom stereocenters. The summed E-state index contributed by atoms with van der Waals surface area (Å²) in [6, 6.07) is 5.44. The number of nitrogens with two attached hydrogens (primary N) is 1. The van der Waals surface area contributed by atoms with Gasteiger partial charge in [0.1, 0.15) is 10.7 Å². The molecule has 1 heterocycles. The molecule has 2 rings (SSSR count). The Balaban J connectivity index is 2.54. The molecule has 0 saturated carbocycles. The smallest absolute Gasteiger partial charge is 0.159 e. The third-order valence-corrected chi connectivity index (χ3v) is 2.07. The average Bonchev–Trinajstić information content (AvgIpc) is 2.07. The molecule has 62 valence electrons. The highest BCUT2D eigenvalue weighted by atomic mass is 32.1. The molecule has 0 fully saturated rings. The topological polar surface area (TPSA) is 47.3 Å². The number of thiocarbonyl (C=S) groups is 1. The molecule has 0 bridgehead atoms. The van der Waals surface area contributed by atoms with E-state index in [-0.39, 0.29) is 0 Å². The summed E-state index contributed by atoms with van der Waals surface area (Å²) in [6.07, 6.45) is 0. The first-order valence-electron chi connectivity index (χ1n) is 3.58. The van der Waals surface area contributed by atoms with E-state index in [1.807, 2.05) is 12.1 Å². The van der Waals surface area contributed by atoms with Crippen LogP contribution in [-0.2, 0) is 0 Å². The van der Waals surface area contributed by atoms with Crippen LogP contribution in [0.2, 0.25) is 0 Å². The number of hydrogen-bond acceptors (Lipinski definition) is 3. The number of rotatable bonds is 0. The minimum absolute atomic E-state index is 0.440. The third kappa shape index (κ3) is 1.10. The molecule has 0 radical (unpaired) electrons. The summed E-state index contributed by atoms with van der Waals surface area (Å²) in [5.74, 6) is 0.799. The van der Waals surface area contributed by atoms with Gasteiger partial charge in [0.2, 0.25) is 0 Å². The van der Waals surface area contributed by atoms with E-state index in [9.17, 15) is 0 Å². The summed E-state index contributed by atoms with van der Waals surface area (Å²) < 4.78 is 5.29. The molecule has 1 aliphatic rings. The van der Waals surface area contributed by atoms with Crippen LogP contribution in [-0.4, -0.2) is 11.7 Å². The summed E-state index contributed by atoms with van der Waals surface area (Å²) in [4.78, 5) is 0.698. The molecule has 0 saturated heterocycles. The Morgan fingerprint density at radius 1 is 1.50 bits per heavy atom. The van der Waals surface area contributed by atoms with Crippen LogP contribution in [0.1, 0.15) is 5.56 Å². The van der Waals surface area contributed by atoms with Crippen molar-refractivity contribution in [3.63, 3.8) is 0 Å². The van der Waals surface area contributed by atoms with Crippen LogP contribution >= 0.6 is 12.2 Å². The highest BCUT2D eigenvalue weighted by Gasteiger charge is 2.13. The number of nitrogen functional groups attached to an aromatic ring is 1. The average molecular weight is 180 g/mol. The maximum absolute atomic E-state index is 5.60. The van der Waals surface area contributed by atoms with Gasteiger partial charge in [-0.2, -0.15) is 0 Å². The maximum Gasteiger partial charge on any atom is 0.159 e. The molecule has 1 aliphatic heterocycles. The fourth-order valence-electron chi connectivity index (χ4n) is 1.13. The zero-order valence-electron chi connectivity index (χ0n) is 6.33. The van der Waals surface area contributed by atoms with Crippen molar-refractivity contribution in [3.05, 3.63) is 23.8 Å². The molecular weight excluding hydrogens is 172 g/mol. The van der Waals surface area contributed by atoms with Crippen LogP contribution in [0.15, 0.2) is 18.2 Å². The van der Waals surface area contributed by atoms with Gasteiger partial charge in [0.25, 0.3) is 0 Å². The molecule has 12 heavy (non-hydrogen) atoms. The van der Waals surface area contributed by atoms with Gasteiger partial charge in [-0.05, 0) is 18.2 Å². The number of nitrogens with one attached hydrogen (secondary N) is 1. The summed E-state index contributed by atoms with van der Waals surface area (Å²) in [5.41, 5.74) is 7.17. The first-order valence-corrected chi connectivity index (χ1v) is 3.99. The highest BCUT2D eigenvalue weighted by Crippen LogP contribution is 2.23. The van der Waals surface area contributed by atoms with Crippen molar-refractivity contribution < 1.29 is 4.74 Å². The summed E-state index contributed by atoms with van der Waals surface area (Å²) >= 11 is 5.07. The quantitative estimate of drug-likeness (QED) is 0.459. The predicted octanol–water partition coefficient (Wildman–Crippen LogP) is 0.884. The first kappa shape index (κ1) is 7.36. The van der Waals surface area contributed by atoms with E-state index in [4.69, 9.17) is 22.7 Å². The minimum Gasteiger partial charge on any atom is -0.473 e. The fourth-order valence-corrected chi connectivity index (χ4v) is 1.34. The van der Waals surface area contributed by atoms with Crippen molar-refractivity contribution >= 4 is 22.9 Å². The lowest BCUT2D eigenvalue weighted by Gasteiger charge is -2.19. The SMILES string of the molecule is Nc1ccc2c(c1)C(=S)NCO2. The third-order valence-electron chi connectivity index (χ3n) is 1.71. The van der Waals surface area contributed by atoms with Gasteiger partial charge >= 0.3 is 0 Å². The van der Waals surface area contributed by atoms with Gasteiger partial charge in [-0.25, -0.2) is 0 Å². The van der Waals surface area contributed by atoms with Crippen LogP contribution in [0.25, 0.3) is 0 Å². The Morgan fingerprint density at radius 3 is 3.17 bits per heavy atom. The second kappa shape index (κ2) is 2.64. The highest BCUT2D eigenvalue weighted by molar-refractivity contribution is 7.80. The van der Waals surface area contributed by atoms with E-state index in [1.54, 1.807) is 6.07 Å². The molecule has 1 aromatic carbocycles. The van der Waals surface area contributed by atoms with Gasteiger partial charge in [0.05, 0.1) is 5.56 Å². The largest absolute Gasteiger partial charge is 0.473 e. The molecule has 3 N–H and O–H groups in total. The number of hydrogen-bond donors (Lipinski definition) is 2. The Kier molecular flexibility index (Phi) is 1.62. The lowest BCUT2D eigenvalue weighted by molar-refractivity contribution is 0.300. The van der Waals surface area contributed by atoms with Gasteiger partial charge in [0, 0.05) is 5.69 Å². The van der Waals surface area contributed by atoms with E-state index < -0.39 is 0 Å². The van der Waals surface area contributed by atoms with Crippen LogP contribution in [0.5, 0.6) is 5.75 Å². The monoisotopic (exact) mass is 180 g/mol. The predicted molar refractivity (Wildman–Crippen MR) is 51.2 cm³/mol. The van der Waals surface area contributed by atoms with Crippen molar-refractivity contribution in [2.75, 3.05) is 12.5 Å². The van der Waals surface area contributed by atoms with Crippen molar-refractivity contribution in [3.8, 4) is 5.75 Å². The van der Waals surface area contributed by atoms with E-state index >= 15 is 0 Å². The van der Waals surface area contributed by atoms with Crippen LogP contribution < -0.4 is 15.8 Å². The van der Waals surface area contributed by atoms with E-state index in [2.05, 4.69) is 5.32 Å². The van der Waals surface area contributed by atoms with Crippen LogP contribution in [0.3, 0.4) is 0 Å². The zero-order chi connectivity index (χ0) is 8.55. The van der Waals surface area contributed by atoms with E-state index in [0.717, 1.165) is 11.3 Å². The molecule has 3 nitrogen and oxygen atoms in total. The second-order valence-corrected chi connectivity index (χ2v) is 2.96. The minimum atomic E-state index is 0.440. The summed E-state index contributed by atoms with van der Waals surface area (Å²) in [5, 5.41) is 2.92. The molecule has 0 aromatic heterocycles. The normalized spacial score (nSPS) is 14.5. The molecule has 0 aliphatic carbocycles. The van der Waals surface area contributed by atoms with E-state index in [0.29, 0.717) is 17.4 Å². The summed E-state index contributed by atoms with van der Waals surface area (Å²) in [6.45, 7) is 0.440. The standard InChI is InChI=1S/C8H8N2OS/c9-5-1-2-7-6(3-5)8(12)10-4-11-7/h1-3H,4,9H2,(H,10,12). The fraction of sp³-hybridized carbons (Fsp3) is 0.125.